The molecule has 5 nitrogen and oxygen atoms in total. The lowest BCUT2D eigenvalue weighted by Gasteiger charge is -2.30. The van der Waals surface area contributed by atoms with Gasteiger partial charge in [0, 0.05) is 45.1 Å². The van der Waals surface area contributed by atoms with Crippen LogP contribution in [0.15, 0.2) is 59.0 Å². The molecule has 0 aromatic carbocycles. The summed E-state index contributed by atoms with van der Waals surface area (Å²) in [5, 5.41) is 0. The maximum absolute atomic E-state index is 12.5. The van der Waals surface area contributed by atoms with Crippen LogP contribution >= 0.6 is 0 Å². The van der Waals surface area contributed by atoms with E-state index in [9.17, 15) is 4.79 Å². The summed E-state index contributed by atoms with van der Waals surface area (Å²) >= 11 is 0. The molecular weight excluding hydrogens is 302 g/mol. The number of hydrogen-bond donors (Lipinski definition) is 0. The van der Waals surface area contributed by atoms with Crippen LogP contribution in [0.5, 0.6) is 0 Å². The van der Waals surface area contributed by atoms with Gasteiger partial charge in [0.1, 0.15) is 0 Å². The van der Waals surface area contributed by atoms with E-state index in [4.69, 9.17) is 4.42 Å². The van der Waals surface area contributed by atoms with Crippen molar-refractivity contribution in [1.82, 2.24) is 14.8 Å². The number of rotatable bonds is 6. The van der Waals surface area contributed by atoms with E-state index in [-0.39, 0.29) is 5.91 Å². The zero-order chi connectivity index (χ0) is 16.8. The molecule has 0 saturated heterocycles. The predicted octanol–water partition coefficient (Wildman–Crippen LogP) is 2.97. The molecule has 0 radical (unpaired) electrons. The number of likely N-dealkylation sites (N-methyl/N-ethyl adjacent to an activating group) is 1. The van der Waals surface area contributed by atoms with E-state index in [0.29, 0.717) is 18.8 Å². The molecule has 3 heterocycles. The molecule has 0 spiro atoms. The average Bonchev–Trinajstić information content (AvgIpc) is 3.15. The summed E-state index contributed by atoms with van der Waals surface area (Å²) in [6.07, 6.45) is 8.49. The second-order valence-corrected chi connectivity index (χ2v) is 6.01. The maximum atomic E-state index is 12.5. The SMILES string of the molecule is CCN(CC1=CCCN(Cc2ccncc2)C1)C(=O)c1ccco1. The quantitative estimate of drug-likeness (QED) is 0.766. The Hall–Kier alpha value is -2.40. The molecule has 0 bridgehead atoms. The number of furan rings is 1. The summed E-state index contributed by atoms with van der Waals surface area (Å²) in [5.74, 6) is 0.358. The first-order valence-electron chi connectivity index (χ1n) is 8.38. The van der Waals surface area contributed by atoms with Gasteiger partial charge in [-0.2, -0.15) is 0 Å². The summed E-state index contributed by atoms with van der Waals surface area (Å²) in [6, 6.07) is 7.57. The lowest BCUT2D eigenvalue weighted by Crippen LogP contribution is -2.37. The zero-order valence-corrected chi connectivity index (χ0v) is 14.0. The van der Waals surface area contributed by atoms with Crippen molar-refractivity contribution < 1.29 is 9.21 Å². The third-order valence-corrected chi connectivity index (χ3v) is 4.26. The monoisotopic (exact) mass is 325 g/mol. The van der Waals surface area contributed by atoms with E-state index in [1.165, 1.54) is 17.4 Å². The Kier molecular flexibility index (Phi) is 5.43. The van der Waals surface area contributed by atoms with Crippen LogP contribution in [0.1, 0.15) is 29.5 Å². The molecule has 0 atom stereocenters. The number of pyridine rings is 1. The minimum atomic E-state index is -0.0466. The molecule has 0 saturated carbocycles. The van der Waals surface area contributed by atoms with Gasteiger partial charge in [0.25, 0.3) is 5.91 Å². The van der Waals surface area contributed by atoms with Crippen molar-refractivity contribution in [2.45, 2.75) is 19.9 Å². The molecule has 0 unspecified atom stereocenters. The lowest BCUT2D eigenvalue weighted by atomic mass is 10.1. The largest absolute Gasteiger partial charge is 0.459 e. The first-order valence-corrected chi connectivity index (χ1v) is 8.38. The van der Waals surface area contributed by atoms with E-state index in [0.717, 1.165) is 26.1 Å². The second kappa shape index (κ2) is 7.93. The molecule has 1 aliphatic heterocycles. The Morgan fingerprint density at radius 1 is 1.33 bits per heavy atom. The van der Waals surface area contributed by atoms with Crippen LogP contribution in [-0.2, 0) is 6.54 Å². The molecule has 2 aromatic rings. The Morgan fingerprint density at radius 2 is 2.17 bits per heavy atom. The van der Waals surface area contributed by atoms with Crippen molar-refractivity contribution in [3.63, 3.8) is 0 Å². The smallest absolute Gasteiger partial charge is 0.289 e. The van der Waals surface area contributed by atoms with Crippen molar-refractivity contribution in [2.24, 2.45) is 0 Å². The maximum Gasteiger partial charge on any atom is 0.289 e. The van der Waals surface area contributed by atoms with E-state index in [1.54, 1.807) is 12.1 Å². The normalized spacial score (nSPS) is 15.1. The van der Waals surface area contributed by atoms with Gasteiger partial charge < -0.3 is 9.32 Å². The van der Waals surface area contributed by atoms with Crippen molar-refractivity contribution in [3.05, 3.63) is 65.9 Å². The first-order chi connectivity index (χ1) is 11.8. The molecule has 1 amide bonds. The fourth-order valence-electron chi connectivity index (χ4n) is 3.01. The van der Waals surface area contributed by atoms with Crippen LogP contribution in [0.2, 0.25) is 0 Å². The Labute approximate surface area is 142 Å². The lowest BCUT2D eigenvalue weighted by molar-refractivity contribution is 0.0742. The van der Waals surface area contributed by atoms with Gasteiger partial charge in [-0.1, -0.05) is 6.08 Å². The number of aromatic nitrogens is 1. The standard InChI is InChI=1S/C19H23N3O2/c1-2-22(19(23)18-6-4-12-24-18)15-17-5-3-11-21(14-17)13-16-7-9-20-10-8-16/h4-10,12H,2-3,11,13-15H2,1H3. The Balaban J connectivity index is 1.60. The van der Waals surface area contributed by atoms with Crippen molar-refractivity contribution in [3.8, 4) is 0 Å². The Morgan fingerprint density at radius 3 is 2.88 bits per heavy atom. The zero-order valence-electron chi connectivity index (χ0n) is 14.0. The molecule has 0 fully saturated rings. The molecule has 0 N–H and O–H groups in total. The number of hydrogen-bond acceptors (Lipinski definition) is 4. The topological polar surface area (TPSA) is 49.6 Å². The van der Waals surface area contributed by atoms with E-state index in [1.807, 2.05) is 24.2 Å². The van der Waals surface area contributed by atoms with E-state index < -0.39 is 0 Å². The van der Waals surface area contributed by atoms with Gasteiger partial charge in [0.15, 0.2) is 5.76 Å². The van der Waals surface area contributed by atoms with Crippen LogP contribution in [-0.4, -0.2) is 46.9 Å². The number of carbonyl (C=O) groups excluding carboxylic acids is 1. The molecule has 1 aliphatic rings. The van der Waals surface area contributed by atoms with Crippen molar-refractivity contribution in [2.75, 3.05) is 26.2 Å². The van der Waals surface area contributed by atoms with Gasteiger partial charge in [0.2, 0.25) is 0 Å². The van der Waals surface area contributed by atoms with Crippen molar-refractivity contribution in [1.29, 1.82) is 0 Å². The molecular formula is C19H23N3O2. The van der Waals surface area contributed by atoms with E-state index >= 15 is 0 Å². The highest BCUT2D eigenvalue weighted by molar-refractivity contribution is 5.91. The van der Waals surface area contributed by atoms with Gasteiger partial charge in [-0.05, 0) is 48.7 Å². The average molecular weight is 325 g/mol. The predicted molar refractivity (Wildman–Crippen MR) is 92.5 cm³/mol. The molecule has 3 rings (SSSR count). The summed E-state index contributed by atoms with van der Waals surface area (Å²) < 4.78 is 5.24. The van der Waals surface area contributed by atoms with Crippen LogP contribution in [0.4, 0.5) is 0 Å². The number of carbonyl (C=O) groups is 1. The van der Waals surface area contributed by atoms with Gasteiger partial charge in [-0.25, -0.2) is 0 Å². The van der Waals surface area contributed by atoms with Crippen LogP contribution in [0, 0.1) is 0 Å². The summed E-state index contributed by atoms with van der Waals surface area (Å²) in [5.41, 5.74) is 2.56. The minimum Gasteiger partial charge on any atom is -0.459 e. The first kappa shape index (κ1) is 16.5. The molecule has 0 aliphatic carbocycles. The third kappa shape index (κ3) is 4.11. The number of amides is 1. The summed E-state index contributed by atoms with van der Waals surface area (Å²) in [7, 11) is 0. The minimum absolute atomic E-state index is 0.0466. The molecule has 24 heavy (non-hydrogen) atoms. The molecule has 5 heteroatoms. The van der Waals surface area contributed by atoms with Gasteiger partial charge >= 0.3 is 0 Å². The van der Waals surface area contributed by atoms with Crippen LogP contribution in [0.3, 0.4) is 0 Å². The van der Waals surface area contributed by atoms with Crippen molar-refractivity contribution >= 4 is 5.91 Å². The highest BCUT2D eigenvalue weighted by Gasteiger charge is 2.20. The fraction of sp³-hybridized carbons (Fsp3) is 0.368. The summed E-state index contributed by atoms with van der Waals surface area (Å²) in [6.45, 7) is 6.18. The van der Waals surface area contributed by atoms with Gasteiger partial charge in [-0.15, -0.1) is 0 Å². The van der Waals surface area contributed by atoms with Crippen LogP contribution < -0.4 is 0 Å². The highest BCUT2D eigenvalue weighted by atomic mass is 16.3. The fourth-order valence-corrected chi connectivity index (χ4v) is 3.01. The van der Waals surface area contributed by atoms with Crippen LogP contribution in [0.25, 0.3) is 0 Å². The highest BCUT2D eigenvalue weighted by Crippen LogP contribution is 2.15. The Bertz CT molecular complexity index is 680. The van der Waals surface area contributed by atoms with Gasteiger partial charge in [-0.3, -0.25) is 14.7 Å². The second-order valence-electron chi connectivity index (χ2n) is 6.01. The van der Waals surface area contributed by atoms with Gasteiger partial charge in [0.05, 0.1) is 6.26 Å². The third-order valence-electron chi connectivity index (χ3n) is 4.26. The molecule has 2 aromatic heterocycles. The molecule has 126 valence electrons. The van der Waals surface area contributed by atoms with E-state index in [2.05, 4.69) is 28.1 Å². The number of nitrogens with zero attached hydrogens (tertiary/aromatic N) is 3. The summed E-state index contributed by atoms with van der Waals surface area (Å²) in [4.78, 5) is 20.8.